The number of hydrogen-bond acceptors (Lipinski definition) is 3. The molecule has 0 radical (unpaired) electrons. The van der Waals surface area contributed by atoms with Crippen LogP contribution in [0.1, 0.15) is 33.1 Å². The molecule has 4 heteroatoms. The van der Waals surface area contributed by atoms with Gasteiger partial charge in [0.1, 0.15) is 0 Å². The molecule has 1 saturated heterocycles. The van der Waals surface area contributed by atoms with E-state index in [1.54, 1.807) is 0 Å². The minimum Gasteiger partial charge on any atom is -0.356 e. The number of hydrogen-bond donors (Lipinski definition) is 2. The van der Waals surface area contributed by atoms with Gasteiger partial charge in [-0.15, -0.1) is 0 Å². The Morgan fingerprint density at radius 1 is 1.29 bits per heavy atom. The van der Waals surface area contributed by atoms with Gasteiger partial charge in [-0.25, -0.2) is 0 Å². The summed E-state index contributed by atoms with van der Waals surface area (Å²) in [4.78, 5) is 14.1. The van der Waals surface area contributed by atoms with Crippen molar-refractivity contribution in [1.82, 2.24) is 10.2 Å². The molecule has 0 saturated carbocycles. The molecule has 0 spiro atoms. The van der Waals surface area contributed by atoms with Crippen LogP contribution in [0.25, 0.3) is 0 Å². The number of carbonyl (C=O) groups is 1. The Labute approximate surface area is 105 Å². The summed E-state index contributed by atoms with van der Waals surface area (Å²) in [6, 6.07) is 0. The second kappa shape index (κ2) is 7.67. The summed E-state index contributed by atoms with van der Waals surface area (Å²) in [7, 11) is 0. The summed E-state index contributed by atoms with van der Waals surface area (Å²) in [6.45, 7) is 9.12. The largest absolute Gasteiger partial charge is 0.356 e. The SMILES string of the molecule is CC(CN)CC(=O)NCC(C)CN1CCCC1. The predicted octanol–water partition coefficient (Wildman–Crippen LogP) is 0.819. The Kier molecular flexibility index (Phi) is 6.52. The van der Waals surface area contributed by atoms with Crippen LogP contribution in [0.2, 0.25) is 0 Å². The van der Waals surface area contributed by atoms with E-state index in [-0.39, 0.29) is 11.8 Å². The lowest BCUT2D eigenvalue weighted by Gasteiger charge is -2.20. The van der Waals surface area contributed by atoms with E-state index in [0.29, 0.717) is 18.9 Å². The minimum absolute atomic E-state index is 0.135. The van der Waals surface area contributed by atoms with Gasteiger partial charge in [0.2, 0.25) is 5.91 Å². The van der Waals surface area contributed by atoms with Crippen LogP contribution in [0.4, 0.5) is 0 Å². The Balaban J connectivity index is 2.09. The summed E-state index contributed by atoms with van der Waals surface area (Å²) in [5.41, 5.74) is 5.50. The smallest absolute Gasteiger partial charge is 0.220 e. The molecular weight excluding hydrogens is 214 g/mol. The number of nitrogens with two attached hydrogens (primary N) is 1. The molecule has 0 bridgehead atoms. The third-order valence-corrected chi connectivity index (χ3v) is 3.35. The molecule has 0 aliphatic carbocycles. The quantitative estimate of drug-likeness (QED) is 0.694. The molecule has 0 aromatic heterocycles. The van der Waals surface area contributed by atoms with Crippen molar-refractivity contribution in [3.8, 4) is 0 Å². The number of amides is 1. The average molecular weight is 241 g/mol. The molecular formula is C13H27N3O. The zero-order chi connectivity index (χ0) is 12.7. The van der Waals surface area contributed by atoms with E-state index >= 15 is 0 Å². The molecule has 1 heterocycles. The Morgan fingerprint density at radius 2 is 1.94 bits per heavy atom. The van der Waals surface area contributed by atoms with Crippen LogP contribution in [0.3, 0.4) is 0 Å². The van der Waals surface area contributed by atoms with Gasteiger partial charge in [-0.05, 0) is 44.3 Å². The highest BCUT2D eigenvalue weighted by atomic mass is 16.1. The maximum absolute atomic E-state index is 11.6. The molecule has 1 aliphatic rings. The number of likely N-dealkylation sites (tertiary alicyclic amines) is 1. The zero-order valence-electron chi connectivity index (χ0n) is 11.2. The van der Waals surface area contributed by atoms with Gasteiger partial charge < -0.3 is 16.0 Å². The minimum atomic E-state index is 0.135. The lowest BCUT2D eigenvalue weighted by atomic mass is 10.1. The van der Waals surface area contributed by atoms with Crippen molar-refractivity contribution in [2.24, 2.45) is 17.6 Å². The lowest BCUT2D eigenvalue weighted by Crippen LogP contribution is -2.35. The van der Waals surface area contributed by atoms with Gasteiger partial charge >= 0.3 is 0 Å². The van der Waals surface area contributed by atoms with E-state index < -0.39 is 0 Å². The summed E-state index contributed by atoms with van der Waals surface area (Å²) >= 11 is 0. The first-order chi connectivity index (χ1) is 8.11. The Morgan fingerprint density at radius 3 is 2.53 bits per heavy atom. The third kappa shape index (κ3) is 6.03. The van der Waals surface area contributed by atoms with Crippen molar-refractivity contribution in [3.05, 3.63) is 0 Å². The number of nitrogens with zero attached hydrogens (tertiary/aromatic N) is 1. The molecule has 0 aromatic rings. The van der Waals surface area contributed by atoms with Crippen LogP contribution >= 0.6 is 0 Å². The zero-order valence-corrected chi connectivity index (χ0v) is 11.2. The fourth-order valence-corrected chi connectivity index (χ4v) is 2.23. The molecule has 3 N–H and O–H groups in total. The first kappa shape index (κ1) is 14.5. The fourth-order valence-electron chi connectivity index (χ4n) is 2.23. The van der Waals surface area contributed by atoms with Crippen molar-refractivity contribution in [1.29, 1.82) is 0 Å². The number of rotatable bonds is 7. The highest BCUT2D eigenvalue weighted by Gasteiger charge is 2.15. The van der Waals surface area contributed by atoms with Gasteiger partial charge in [-0.1, -0.05) is 13.8 Å². The van der Waals surface area contributed by atoms with Gasteiger partial charge in [0.25, 0.3) is 0 Å². The number of carbonyl (C=O) groups excluding carboxylic acids is 1. The fraction of sp³-hybridized carbons (Fsp3) is 0.923. The Bertz CT molecular complexity index is 227. The number of nitrogens with one attached hydrogen (secondary N) is 1. The first-order valence-electron chi connectivity index (χ1n) is 6.81. The van der Waals surface area contributed by atoms with E-state index in [0.717, 1.165) is 13.1 Å². The maximum atomic E-state index is 11.6. The van der Waals surface area contributed by atoms with Crippen LogP contribution in [0.15, 0.2) is 0 Å². The van der Waals surface area contributed by atoms with Gasteiger partial charge in [-0.3, -0.25) is 4.79 Å². The van der Waals surface area contributed by atoms with Crippen molar-refractivity contribution in [2.45, 2.75) is 33.1 Å². The first-order valence-corrected chi connectivity index (χ1v) is 6.81. The van der Waals surface area contributed by atoms with Gasteiger partial charge in [0.05, 0.1) is 0 Å². The predicted molar refractivity (Wildman–Crippen MR) is 70.7 cm³/mol. The monoisotopic (exact) mass is 241 g/mol. The molecule has 4 nitrogen and oxygen atoms in total. The molecule has 17 heavy (non-hydrogen) atoms. The second-order valence-electron chi connectivity index (χ2n) is 5.46. The van der Waals surface area contributed by atoms with Crippen molar-refractivity contribution in [2.75, 3.05) is 32.7 Å². The van der Waals surface area contributed by atoms with E-state index in [2.05, 4.69) is 17.1 Å². The highest BCUT2D eigenvalue weighted by Crippen LogP contribution is 2.09. The van der Waals surface area contributed by atoms with Gasteiger partial charge in [-0.2, -0.15) is 0 Å². The van der Waals surface area contributed by atoms with Crippen LogP contribution < -0.4 is 11.1 Å². The molecule has 100 valence electrons. The average Bonchev–Trinajstić information content (AvgIpc) is 2.79. The van der Waals surface area contributed by atoms with E-state index in [9.17, 15) is 4.79 Å². The van der Waals surface area contributed by atoms with Crippen LogP contribution in [0, 0.1) is 11.8 Å². The molecule has 1 amide bonds. The standard InChI is InChI=1S/C13H27N3O/c1-11(8-14)7-13(17)15-9-12(2)10-16-5-3-4-6-16/h11-12H,3-10,14H2,1-2H3,(H,15,17). The molecule has 1 aliphatic heterocycles. The summed E-state index contributed by atoms with van der Waals surface area (Å²) in [5, 5.41) is 3.00. The molecule has 2 unspecified atom stereocenters. The topological polar surface area (TPSA) is 58.4 Å². The van der Waals surface area contributed by atoms with E-state index in [4.69, 9.17) is 5.73 Å². The van der Waals surface area contributed by atoms with E-state index in [1.807, 2.05) is 6.92 Å². The summed E-state index contributed by atoms with van der Waals surface area (Å²) in [5.74, 6) is 0.949. The molecule has 2 atom stereocenters. The van der Waals surface area contributed by atoms with Gasteiger partial charge in [0.15, 0.2) is 0 Å². The molecule has 1 rings (SSSR count). The van der Waals surface area contributed by atoms with Crippen LogP contribution in [-0.4, -0.2) is 43.5 Å². The van der Waals surface area contributed by atoms with Crippen molar-refractivity contribution in [3.63, 3.8) is 0 Å². The molecule has 0 aromatic carbocycles. The van der Waals surface area contributed by atoms with E-state index in [1.165, 1.54) is 25.9 Å². The summed E-state index contributed by atoms with van der Waals surface area (Å²) < 4.78 is 0. The van der Waals surface area contributed by atoms with Crippen molar-refractivity contribution >= 4 is 5.91 Å². The van der Waals surface area contributed by atoms with Gasteiger partial charge in [0, 0.05) is 19.5 Å². The third-order valence-electron chi connectivity index (χ3n) is 3.35. The normalized spacial score (nSPS) is 20.2. The highest BCUT2D eigenvalue weighted by molar-refractivity contribution is 5.76. The van der Waals surface area contributed by atoms with Crippen molar-refractivity contribution < 1.29 is 4.79 Å². The lowest BCUT2D eigenvalue weighted by molar-refractivity contribution is -0.122. The Hall–Kier alpha value is -0.610. The van der Waals surface area contributed by atoms with Crippen LogP contribution in [-0.2, 0) is 4.79 Å². The summed E-state index contributed by atoms with van der Waals surface area (Å²) in [6.07, 6.45) is 3.20. The second-order valence-corrected chi connectivity index (χ2v) is 5.46. The molecule has 1 fully saturated rings. The van der Waals surface area contributed by atoms with Crippen LogP contribution in [0.5, 0.6) is 0 Å². The maximum Gasteiger partial charge on any atom is 0.220 e.